The van der Waals surface area contributed by atoms with Crippen molar-refractivity contribution in [1.29, 1.82) is 0 Å². The van der Waals surface area contributed by atoms with Gasteiger partial charge in [0.2, 0.25) is 5.78 Å². The van der Waals surface area contributed by atoms with Crippen LogP contribution >= 0.6 is 0 Å². The highest BCUT2D eigenvalue weighted by molar-refractivity contribution is 6.33. The third kappa shape index (κ3) is 4.70. The Morgan fingerprint density at radius 3 is 2.54 bits per heavy atom. The van der Waals surface area contributed by atoms with Gasteiger partial charge in [-0.3, -0.25) is 14.4 Å². The highest BCUT2D eigenvalue weighted by Crippen LogP contribution is 2.31. The lowest BCUT2D eigenvalue weighted by Gasteiger charge is -2.15. The summed E-state index contributed by atoms with van der Waals surface area (Å²) in [5.74, 6) is -0.640. The van der Waals surface area contributed by atoms with E-state index in [4.69, 9.17) is 4.42 Å². The SMILES string of the molecule is CC(N/C=C(\Nc1cccc(C(=O)N(C)C)c1N=O)C(=O)C=O)c1ccco1. The molecule has 0 radical (unpaired) electrons. The van der Waals surface area contributed by atoms with Crippen molar-refractivity contribution in [2.45, 2.75) is 13.0 Å². The van der Waals surface area contributed by atoms with E-state index >= 15 is 0 Å². The van der Waals surface area contributed by atoms with E-state index in [1.165, 1.54) is 49.7 Å². The van der Waals surface area contributed by atoms with Gasteiger partial charge in [-0.1, -0.05) is 6.07 Å². The van der Waals surface area contributed by atoms with Crippen LogP contribution in [0.15, 0.2) is 58.1 Å². The monoisotopic (exact) mass is 384 g/mol. The minimum Gasteiger partial charge on any atom is -0.467 e. The zero-order chi connectivity index (χ0) is 20.7. The molecule has 1 unspecified atom stereocenters. The number of nitrogens with zero attached hydrogens (tertiary/aromatic N) is 2. The Bertz CT molecular complexity index is 903. The number of carbonyl (C=O) groups is 3. The third-order valence-electron chi connectivity index (χ3n) is 3.85. The van der Waals surface area contributed by atoms with Crippen LogP contribution in [0.1, 0.15) is 29.1 Å². The van der Waals surface area contributed by atoms with Crippen LogP contribution in [0.2, 0.25) is 0 Å². The van der Waals surface area contributed by atoms with Crippen LogP contribution in [0.3, 0.4) is 0 Å². The van der Waals surface area contributed by atoms with E-state index in [1.807, 2.05) is 0 Å². The number of rotatable bonds is 9. The normalized spacial score (nSPS) is 12.0. The van der Waals surface area contributed by atoms with Gasteiger partial charge in [0, 0.05) is 20.3 Å². The van der Waals surface area contributed by atoms with E-state index in [2.05, 4.69) is 15.8 Å². The molecule has 1 heterocycles. The summed E-state index contributed by atoms with van der Waals surface area (Å²) in [5, 5.41) is 8.56. The smallest absolute Gasteiger partial charge is 0.255 e. The fourth-order valence-electron chi connectivity index (χ4n) is 2.36. The molecule has 1 aromatic carbocycles. The topological polar surface area (TPSA) is 121 Å². The van der Waals surface area contributed by atoms with E-state index in [-0.39, 0.29) is 35.0 Å². The molecule has 0 saturated carbocycles. The molecule has 28 heavy (non-hydrogen) atoms. The van der Waals surface area contributed by atoms with Gasteiger partial charge in [-0.15, -0.1) is 4.91 Å². The van der Waals surface area contributed by atoms with Gasteiger partial charge in [0.1, 0.15) is 17.1 Å². The van der Waals surface area contributed by atoms with Crippen molar-refractivity contribution in [3.63, 3.8) is 0 Å². The standard InChI is InChI=1S/C19H20N4O5/c1-12(17-8-5-9-28-17)20-10-15(16(25)11-24)21-14-7-4-6-13(18(14)22-27)19(26)23(2)3/h4-12,20-21H,1-3H3/b15-10-. The molecule has 1 atom stereocenters. The van der Waals surface area contributed by atoms with Gasteiger partial charge in [-0.05, 0) is 36.4 Å². The quantitative estimate of drug-likeness (QED) is 0.295. The molecule has 0 fully saturated rings. The molecule has 1 amide bonds. The van der Waals surface area contributed by atoms with Crippen molar-refractivity contribution >= 4 is 29.4 Å². The van der Waals surface area contributed by atoms with E-state index in [9.17, 15) is 19.3 Å². The largest absolute Gasteiger partial charge is 0.467 e. The van der Waals surface area contributed by atoms with Gasteiger partial charge < -0.3 is 20.0 Å². The number of hydrogen-bond acceptors (Lipinski definition) is 8. The number of benzene rings is 1. The molecular formula is C19H20N4O5. The number of furan rings is 1. The lowest BCUT2D eigenvalue weighted by molar-refractivity contribution is -0.127. The average molecular weight is 384 g/mol. The van der Waals surface area contributed by atoms with Crippen LogP contribution < -0.4 is 10.6 Å². The Labute approximate surface area is 161 Å². The first-order valence-electron chi connectivity index (χ1n) is 8.33. The van der Waals surface area contributed by atoms with Crippen molar-refractivity contribution in [2.24, 2.45) is 5.18 Å². The van der Waals surface area contributed by atoms with Crippen molar-refractivity contribution in [1.82, 2.24) is 10.2 Å². The van der Waals surface area contributed by atoms with Crippen molar-refractivity contribution in [3.05, 3.63) is 64.7 Å². The first kappa shape index (κ1) is 20.6. The molecule has 0 bridgehead atoms. The number of ketones is 1. The van der Waals surface area contributed by atoms with Gasteiger partial charge in [0.05, 0.1) is 23.6 Å². The number of nitroso groups, excluding NO2 is 1. The molecule has 0 saturated heterocycles. The van der Waals surface area contributed by atoms with Gasteiger partial charge in [0.25, 0.3) is 5.91 Å². The number of amides is 1. The van der Waals surface area contributed by atoms with Gasteiger partial charge >= 0.3 is 0 Å². The minimum absolute atomic E-state index is 0.0693. The van der Waals surface area contributed by atoms with Crippen molar-refractivity contribution in [3.8, 4) is 0 Å². The van der Waals surface area contributed by atoms with E-state index in [0.717, 1.165) is 0 Å². The van der Waals surface area contributed by atoms with Gasteiger partial charge in [0.15, 0.2) is 6.29 Å². The molecular weight excluding hydrogens is 364 g/mol. The maximum absolute atomic E-state index is 12.2. The highest BCUT2D eigenvalue weighted by Gasteiger charge is 2.19. The molecule has 0 aliphatic rings. The zero-order valence-electron chi connectivity index (χ0n) is 15.6. The third-order valence-corrected chi connectivity index (χ3v) is 3.85. The summed E-state index contributed by atoms with van der Waals surface area (Å²) in [4.78, 5) is 47.9. The van der Waals surface area contributed by atoms with E-state index in [0.29, 0.717) is 5.76 Å². The second-order valence-electron chi connectivity index (χ2n) is 6.06. The molecule has 9 heteroatoms. The minimum atomic E-state index is -0.847. The first-order chi connectivity index (χ1) is 13.4. The Hall–Kier alpha value is -3.75. The maximum Gasteiger partial charge on any atom is 0.255 e. The fraction of sp³-hybridized carbons (Fsp3) is 0.211. The maximum atomic E-state index is 12.2. The van der Waals surface area contributed by atoms with Crippen molar-refractivity contribution in [2.75, 3.05) is 19.4 Å². The molecule has 2 rings (SSSR count). The first-order valence-corrected chi connectivity index (χ1v) is 8.33. The molecule has 9 nitrogen and oxygen atoms in total. The second kappa shape index (κ2) is 9.26. The van der Waals surface area contributed by atoms with Crippen LogP contribution in [0.4, 0.5) is 11.4 Å². The molecule has 2 N–H and O–H groups in total. The number of Topliss-reactive ketones (excluding diaryl/α,β-unsaturated/α-hetero) is 1. The zero-order valence-corrected chi connectivity index (χ0v) is 15.6. The molecule has 0 spiro atoms. The molecule has 0 aliphatic carbocycles. The van der Waals surface area contributed by atoms with Crippen molar-refractivity contribution < 1.29 is 18.8 Å². The predicted octanol–water partition coefficient (Wildman–Crippen LogP) is 2.75. The van der Waals surface area contributed by atoms with E-state index < -0.39 is 11.7 Å². The summed E-state index contributed by atoms with van der Waals surface area (Å²) >= 11 is 0. The number of anilines is 1. The summed E-state index contributed by atoms with van der Waals surface area (Å²) in [6.45, 7) is 1.80. The summed E-state index contributed by atoms with van der Waals surface area (Å²) in [6, 6.07) is 7.66. The Balaban J connectivity index is 2.34. The van der Waals surface area contributed by atoms with Crippen LogP contribution in [-0.2, 0) is 9.59 Å². The van der Waals surface area contributed by atoms with Crippen LogP contribution in [0.25, 0.3) is 0 Å². The predicted molar refractivity (Wildman–Crippen MR) is 103 cm³/mol. The Morgan fingerprint density at radius 2 is 1.96 bits per heavy atom. The Kier molecular flexibility index (Phi) is 6.80. The molecule has 1 aromatic heterocycles. The van der Waals surface area contributed by atoms with Crippen LogP contribution in [0.5, 0.6) is 0 Å². The number of hydrogen-bond donors (Lipinski definition) is 2. The fourth-order valence-corrected chi connectivity index (χ4v) is 2.36. The summed E-state index contributed by atoms with van der Waals surface area (Å²) in [5.41, 5.74) is -0.0888. The average Bonchev–Trinajstić information content (AvgIpc) is 3.24. The molecule has 0 aliphatic heterocycles. The lowest BCUT2D eigenvalue weighted by Crippen LogP contribution is -2.22. The second-order valence-corrected chi connectivity index (χ2v) is 6.06. The van der Waals surface area contributed by atoms with Gasteiger partial charge in [-0.2, -0.15) is 0 Å². The molecule has 146 valence electrons. The summed E-state index contributed by atoms with van der Waals surface area (Å²) in [6.07, 6.45) is 2.96. The molecule has 2 aromatic rings. The van der Waals surface area contributed by atoms with Crippen LogP contribution in [-0.4, -0.2) is 37.0 Å². The number of allylic oxidation sites excluding steroid dienone is 1. The summed E-state index contributed by atoms with van der Waals surface area (Å²) in [7, 11) is 3.08. The Morgan fingerprint density at radius 1 is 1.21 bits per heavy atom. The summed E-state index contributed by atoms with van der Waals surface area (Å²) < 4.78 is 5.27. The lowest BCUT2D eigenvalue weighted by atomic mass is 10.1. The van der Waals surface area contributed by atoms with Crippen LogP contribution in [0, 0.1) is 4.91 Å². The number of carbonyl (C=O) groups excluding carboxylic acids is 3. The number of nitrogens with one attached hydrogen (secondary N) is 2. The number of aldehydes is 1. The van der Waals surface area contributed by atoms with Gasteiger partial charge in [-0.25, -0.2) is 0 Å². The highest BCUT2D eigenvalue weighted by atomic mass is 16.3. The van der Waals surface area contributed by atoms with E-state index in [1.54, 1.807) is 19.1 Å².